The molecule has 0 radical (unpaired) electrons. The Labute approximate surface area is 109 Å². The first-order valence-electron chi connectivity index (χ1n) is 5.54. The number of aromatic nitrogens is 2. The minimum Gasteiger partial charge on any atom is -0.377 e. The first-order chi connectivity index (χ1) is 8.08. The maximum atomic E-state index is 10.9. The van der Waals surface area contributed by atoms with Crippen LogP contribution in [-0.2, 0) is 12.6 Å². The molecule has 0 saturated heterocycles. The molecular weight excluding hydrogens is 280 g/mol. The molecule has 1 aromatic carbocycles. The highest BCUT2D eigenvalue weighted by atomic mass is 79.9. The molecular formula is C13H15BrN2O. The van der Waals surface area contributed by atoms with E-state index in [9.17, 15) is 5.11 Å². The summed E-state index contributed by atoms with van der Waals surface area (Å²) < 4.78 is 2.81. The van der Waals surface area contributed by atoms with Gasteiger partial charge in [0, 0.05) is 23.9 Å². The molecule has 0 bridgehead atoms. The number of benzene rings is 1. The average molecular weight is 295 g/mol. The molecule has 90 valence electrons. The maximum absolute atomic E-state index is 10.9. The van der Waals surface area contributed by atoms with Gasteiger partial charge in [-0.05, 0) is 24.1 Å². The summed E-state index contributed by atoms with van der Waals surface area (Å²) in [7, 11) is 1.89. The minimum absolute atomic E-state index is 0.578. The van der Waals surface area contributed by atoms with E-state index in [0.29, 0.717) is 12.2 Å². The second-order valence-electron chi connectivity index (χ2n) is 4.09. The number of aryl methyl sites for hydroxylation is 1. The van der Waals surface area contributed by atoms with E-state index in [2.05, 4.69) is 20.9 Å². The zero-order chi connectivity index (χ0) is 12.5. The molecule has 4 heteroatoms. The molecule has 2 rings (SSSR count). The highest BCUT2D eigenvalue weighted by Gasteiger charge is 2.33. The van der Waals surface area contributed by atoms with Gasteiger partial charge in [-0.1, -0.05) is 35.0 Å². The van der Waals surface area contributed by atoms with Gasteiger partial charge in [-0.25, -0.2) is 4.98 Å². The van der Waals surface area contributed by atoms with Gasteiger partial charge in [0.1, 0.15) is 11.4 Å². The van der Waals surface area contributed by atoms with E-state index in [1.54, 1.807) is 6.20 Å². The van der Waals surface area contributed by atoms with Crippen LogP contribution >= 0.6 is 15.9 Å². The van der Waals surface area contributed by atoms with Crippen LogP contribution in [0.15, 0.2) is 41.1 Å². The number of halogens is 1. The molecule has 0 spiro atoms. The molecule has 1 unspecified atom stereocenters. The fraction of sp³-hybridized carbons (Fsp3) is 0.308. The van der Waals surface area contributed by atoms with Gasteiger partial charge >= 0.3 is 0 Å². The third-order valence-corrected chi connectivity index (χ3v) is 3.50. The van der Waals surface area contributed by atoms with Crippen molar-refractivity contribution in [3.63, 3.8) is 0 Å². The molecule has 0 saturated carbocycles. The van der Waals surface area contributed by atoms with Crippen molar-refractivity contribution in [1.29, 1.82) is 0 Å². The fourth-order valence-electron chi connectivity index (χ4n) is 2.00. The number of aliphatic hydroxyl groups is 1. The average Bonchev–Trinajstić information content (AvgIpc) is 2.75. The second kappa shape index (κ2) is 4.63. The van der Waals surface area contributed by atoms with Gasteiger partial charge in [-0.2, -0.15) is 0 Å². The number of imidazole rings is 1. The molecule has 0 amide bonds. The van der Waals surface area contributed by atoms with E-state index in [4.69, 9.17) is 0 Å². The van der Waals surface area contributed by atoms with Gasteiger partial charge in [-0.3, -0.25) is 0 Å². The van der Waals surface area contributed by atoms with E-state index in [1.165, 1.54) is 0 Å². The minimum atomic E-state index is -1.04. The normalized spacial score (nSPS) is 14.6. The van der Waals surface area contributed by atoms with Crippen LogP contribution in [0.1, 0.15) is 24.7 Å². The Hall–Kier alpha value is -1.13. The predicted molar refractivity (Wildman–Crippen MR) is 70.6 cm³/mol. The SMILES string of the molecule is CCC(O)(c1cccc(Br)c1)c1nccn1C. The monoisotopic (exact) mass is 294 g/mol. The lowest BCUT2D eigenvalue weighted by Gasteiger charge is -2.27. The van der Waals surface area contributed by atoms with Gasteiger partial charge in [0.05, 0.1) is 0 Å². The summed E-state index contributed by atoms with van der Waals surface area (Å²) in [5, 5.41) is 10.9. The highest BCUT2D eigenvalue weighted by Crippen LogP contribution is 2.32. The van der Waals surface area contributed by atoms with Crippen LogP contribution in [0.4, 0.5) is 0 Å². The second-order valence-corrected chi connectivity index (χ2v) is 5.00. The van der Waals surface area contributed by atoms with Crippen LogP contribution in [0, 0.1) is 0 Å². The smallest absolute Gasteiger partial charge is 0.147 e. The molecule has 1 atom stereocenters. The van der Waals surface area contributed by atoms with Gasteiger partial charge < -0.3 is 9.67 Å². The van der Waals surface area contributed by atoms with E-state index in [1.807, 2.05) is 49.0 Å². The quantitative estimate of drug-likeness (QED) is 0.945. The molecule has 1 aromatic heterocycles. The third kappa shape index (κ3) is 2.15. The van der Waals surface area contributed by atoms with E-state index in [0.717, 1.165) is 10.0 Å². The summed E-state index contributed by atoms with van der Waals surface area (Å²) in [5.74, 6) is 0.665. The molecule has 17 heavy (non-hydrogen) atoms. The summed E-state index contributed by atoms with van der Waals surface area (Å²) in [6.07, 6.45) is 4.12. The first-order valence-corrected chi connectivity index (χ1v) is 6.33. The van der Waals surface area contributed by atoms with Crippen LogP contribution in [0.2, 0.25) is 0 Å². The Morgan fingerprint density at radius 3 is 2.76 bits per heavy atom. The molecule has 2 aromatic rings. The summed E-state index contributed by atoms with van der Waals surface area (Å²) in [4.78, 5) is 4.26. The van der Waals surface area contributed by atoms with Crippen molar-refractivity contribution >= 4 is 15.9 Å². The molecule has 3 nitrogen and oxygen atoms in total. The van der Waals surface area contributed by atoms with Crippen molar-refractivity contribution in [3.05, 3.63) is 52.5 Å². The highest BCUT2D eigenvalue weighted by molar-refractivity contribution is 9.10. The van der Waals surface area contributed by atoms with Crippen molar-refractivity contribution in [3.8, 4) is 0 Å². The van der Waals surface area contributed by atoms with Crippen molar-refractivity contribution in [2.45, 2.75) is 18.9 Å². The largest absolute Gasteiger partial charge is 0.377 e. The summed E-state index contributed by atoms with van der Waals surface area (Å²) >= 11 is 3.43. The lowest BCUT2D eigenvalue weighted by atomic mass is 9.90. The lowest BCUT2D eigenvalue weighted by molar-refractivity contribution is 0.0640. The van der Waals surface area contributed by atoms with Crippen LogP contribution in [0.3, 0.4) is 0 Å². The Bertz CT molecular complexity index is 524. The molecule has 1 N–H and O–H groups in total. The molecule has 1 heterocycles. The first kappa shape index (κ1) is 12.3. The Kier molecular flexibility index (Phi) is 3.35. The summed E-state index contributed by atoms with van der Waals surface area (Å²) in [6, 6.07) is 7.71. The van der Waals surface area contributed by atoms with E-state index < -0.39 is 5.60 Å². The van der Waals surface area contributed by atoms with E-state index >= 15 is 0 Å². The molecule has 0 fully saturated rings. The molecule has 0 aliphatic rings. The zero-order valence-corrected chi connectivity index (χ0v) is 11.5. The predicted octanol–water partition coefficient (Wildman–Crippen LogP) is 2.83. The van der Waals surface area contributed by atoms with Crippen LogP contribution < -0.4 is 0 Å². The van der Waals surface area contributed by atoms with Crippen molar-refractivity contribution in [1.82, 2.24) is 9.55 Å². The van der Waals surface area contributed by atoms with Crippen LogP contribution in [0.5, 0.6) is 0 Å². The molecule has 0 aliphatic carbocycles. The fourth-order valence-corrected chi connectivity index (χ4v) is 2.40. The third-order valence-electron chi connectivity index (χ3n) is 3.00. The Morgan fingerprint density at radius 2 is 2.24 bits per heavy atom. The Morgan fingerprint density at radius 1 is 1.47 bits per heavy atom. The number of rotatable bonds is 3. The van der Waals surface area contributed by atoms with Gasteiger partial charge in [-0.15, -0.1) is 0 Å². The number of hydrogen-bond donors (Lipinski definition) is 1. The zero-order valence-electron chi connectivity index (χ0n) is 9.89. The van der Waals surface area contributed by atoms with Crippen LogP contribution in [-0.4, -0.2) is 14.7 Å². The van der Waals surface area contributed by atoms with Gasteiger partial charge in [0.15, 0.2) is 0 Å². The summed E-state index contributed by atoms with van der Waals surface area (Å²) in [6.45, 7) is 1.95. The topological polar surface area (TPSA) is 38.1 Å². The van der Waals surface area contributed by atoms with Crippen molar-refractivity contribution in [2.75, 3.05) is 0 Å². The van der Waals surface area contributed by atoms with Crippen molar-refractivity contribution < 1.29 is 5.11 Å². The standard InChI is InChI=1S/C13H15BrN2O/c1-3-13(17,12-15-7-8-16(12)2)10-5-4-6-11(14)9-10/h4-9,17H,3H2,1-2H3. The maximum Gasteiger partial charge on any atom is 0.147 e. The number of nitrogens with zero attached hydrogens (tertiary/aromatic N) is 2. The van der Waals surface area contributed by atoms with Crippen LogP contribution in [0.25, 0.3) is 0 Å². The van der Waals surface area contributed by atoms with E-state index in [-0.39, 0.29) is 0 Å². The molecule has 0 aliphatic heterocycles. The van der Waals surface area contributed by atoms with Gasteiger partial charge in [0.2, 0.25) is 0 Å². The number of hydrogen-bond acceptors (Lipinski definition) is 2. The van der Waals surface area contributed by atoms with Gasteiger partial charge in [0.25, 0.3) is 0 Å². The Balaban J connectivity index is 2.55. The summed E-state index contributed by atoms with van der Waals surface area (Å²) in [5.41, 5.74) is -0.189. The lowest BCUT2D eigenvalue weighted by Crippen LogP contribution is -2.29. The van der Waals surface area contributed by atoms with Crippen molar-refractivity contribution in [2.24, 2.45) is 7.05 Å².